The lowest BCUT2D eigenvalue weighted by molar-refractivity contribution is -0.00857. The molecular weight excluding hydrogens is 314 g/mol. The van der Waals surface area contributed by atoms with Gasteiger partial charge in [-0.2, -0.15) is 0 Å². The van der Waals surface area contributed by atoms with Gasteiger partial charge in [0.1, 0.15) is 6.33 Å². The fourth-order valence-electron chi connectivity index (χ4n) is 4.32. The fourth-order valence-corrected chi connectivity index (χ4v) is 4.32. The van der Waals surface area contributed by atoms with Crippen LogP contribution in [0.25, 0.3) is 5.69 Å². The van der Waals surface area contributed by atoms with Crippen molar-refractivity contribution >= 4 is 5.91 Å². The van der Waals surface area contributed by atoms with E-state index in [1.54, 1.807) is 11.0 Å². The molecule has 6 heteroatoms. The topological polar surface area (TPSA) is 54.3 Å². The molecule has 25 heavy (non-hydrogen) atoms. The number of hydrogen-bond donors (Lipinski definition) is 0. The Labute approximate surface area is 148 Å². The normalized spacial score (nSPS) is 20.8. The van der Waals surface area contributed by atoms with E-state index in [9.17, 15) is 4.79 Å². The molecule has 0 atom stereocenters. The van der Waals surface area contributed by atoms with Gasteiger partial charge in [-0.1, -0.05) is 37.5 Å². The summed E-state index contributed by atoms with van der Waals surface area (Å²) in [4.78, 5) is 21.9. The zero-order chi connectivity index (χ0) is 17.3. The Morgan fingerprint density at radius 2 is 1.84 bits per heavy atom. The third-order valence-electron chi connectivity index (χ3n) is 5.58. The first-order chi connectivity index (χ1) is 12.2. The number of likely N-dealkylation sites (N-methyl/N-ethyl adjacent to an activating group) is 1. The molecule has 2 heterocycles. The molecule has 1 aliphatic carbocycles. The van der Waals surface area contributed by atoms with Crippen molar-refractivity contribution < 1.29 is 4.79 Å². The highest BCUT2D eigenvalue weighted by molar-refractivity contribution is 5.91. The number of benzene rings is 1. The molecule has 1 spiro atoms. The molecule has 0 unspecified atom stereocenters. The number of para-hydroxylation sites is 1. The van der Waals surface area contributed by atoms with Crippen molar-refractivity contribution in [3.05, 3.63) is 42.5 Å². The Hall–Kier alpha value is -2.21. The predicted octanol–water partition coefficient (Wildman–Crippen LogP) is 2.36. The van der Waals surface area contributed by atoms with Crippen molar-refractivity contribution in [1.29, 1.82) is 0 Å². The van der Waals surface area contributed by atoms with Crippen LogP contribution in [0.5, 0.6) is 0 Å². The number of carbonyl (C=O) groups excluding carboxylic acids is 1. The largest absolute Gasteiger partial charge is 0.328 e. The van der Waals surface area contributed by atoms with Crippen LogP contribution in [0.15, 0.2) is 36.7 Å². The van der Waals surface area contributed by atoms with Gasteiger partial charge in [0, 0.05) is 19.6 Å². The number of aromatic nitrogens is 3. The van der Waals surface area contributed by atoms with Crippen LogP contribution in [0.4, 0.5) is 0 Å². The molecular formula is C19H25N5O. The van der Waals surface area contributed by atoms with Gasteiger partial charge >= 0.3 is 0 Å². The van der Waals surface area contributed by atoms with Gasteiger partial charge in [-0.05, 0) is 32.0 Å². The second-order valence-electron chi connectivity index (χ2n) is 7.33. The maximum atomic E-state index is 13.2. The van der Waals surface area contributed by atoms with Crippen LogP contribution in [-0.4, -0.2) is 62.7 Å². The SMILES string of the molecule is CN1CCN(C(=O)c2ncn(-c3ccccc3)n2)C2(CCCCC2)C1. The first-order valence-electron chi connectivity index (χ1n) is 9.16. The van der Waals surface area contributed by atoms with Crippen molar-refractivity contribution in [2.75, 3.05) is 26.7 Å². The third-order valence-corrected chi connectivity index (χ3v) is 5.58. The average Bonchev–Trinajstić information content (AvgIpc) is 3.13. The van der Waals surface area contributed by atoms with Crippen LogP contribution in [0.2, 0.25) is 0 Å². The second-order valence-corrected chi connectivity index (χ2v) is 7.33. The molecule has 0 N–H and O–H groups in total. The van der Waals surface area contributed by atoms with Gasteiger partial charge in [-0.3, -0.25) is 4.79 Å². The van der Waals surface area contributed by atoms with Crippen LogP contribution in [0.1, 0.15) is 42.7 Å². The van der Waals surface area contributed by atoms with Gasteiger partial charge in [0.25, 0.3) is 5.91 Å². The highest BCUT2D eigenvalue weighted by Gasteiger charge is 2.44. The number of nitrogens with zero attached hydrogens (tertiary/aromatic N) is 5. The van der Waals surface area contributed by atoms with Crippen LogP contribution in [-0.2, 0) is 0 Å². The summed E-state index contributed by atoms with van der Waals surface area (Å²) in [5.41, 5.74) is 0.875. The molecule has 1 aliphatic heterocycles. The molecule has 2 fully saturated rings. The lowest BCUT2D eigenvalue weighted by Crippen LogP contribution is -2.64. The van der Waals surface area contributed by atoms with E-state index < -0.39 is 0 Å². The molecule has 0 bridgehead atoms. The summed E-state index contributed by atoms with van der Waals surface area (Å²) >= 11 is 0. The van der Waals surface area contributed by atoms with Gasteiger partial charge in [0.15, 0.2) is 0 Å². The van der Waals surface area contributed by atoms with E-state index in [1.165, 1.54) is 19.3 Å². The van der Waals surface area contributed by atoms with Gasteiger partial charge in [0.05, 0.1) is 11.2 Å². The Bertz CT molecular complexity index is 735. The summed E-state index contributed by atoms with van der Waals surface area (Å²) in [6.45, 7) is 2.63. The Morgan fingerprint density at radius 1 is 1.08 bits per heavy atom. The number of hydrogen-bond acceptors (Lipinski definition) is 4. The number of rotatable bonds is 2. The van der Waals surface area contributed by atoms with E-state index in [0.717, 1.165) is 38.2 Å². The summed E-state index contributed by atoms with van der Waals surface area (Å²) in [6, 6.07) is 9.79. The van der Waals surface area contributed by atoms with Crippen molar-refractivity contribution in [1.82, 2.24) is 24.6 Å². The van der Waals surface area contributed by atoms with E-state index in [2.05, 4.69) is 26.9 Å². The Kier molecular flexibility index (Phi) is 4.29. The molecule has 6 nitrogen and oxygen atoms in total. The molecule has 1 aromatic carbocycles. The van der Waals surface area contributed by atoms with Gasteiger partial charge in [0.2, 0.25) is 5.82 Å². The summed E-state index contributed by atoms with van der Waals surface area (Å²) < 4.78 is 1.68. The standard InChI is InChI=1S/C19H25N5O/c1-22-12-13-23(19(14-22)10-6-3-7-11-19)18(25)17-20-15-24(21-17)16-8-4-2-5-9-16/h2,4-5,8-9,15H,3,6-7,10-14H2,1H3. The van der Waals surface area contributed by atoms with E-state index in [4.69, 9.17) is 0 Å². The molecule has 1 saturated carbocycles. The summed E-state index contributed by atoms with van der Waals surface area (Å²) in [5, 5.41) is 4.45. The van der Waals surface area contributed by atoms with Crippen LogP contribution in [0, 0.1) is 0 Å². The molecule has 1 saturated heterocycles. The molecule has 1 aromatic heterocycles. The number of carbonyl (C=O) groups is 1. The quantitative estimate of drug-likeness (QED) is 0.843. The highest BCUT2D eigenvalue weighted by Crippen LogP contribution is 2.36. The van der Waals surface area contributed by atoms with Crippen LogP contribution >= 0.6 is 0 Å². The van der Waals surface area contributed by atoms with Crippen molar-refractivity contribution in [3.63, 3.8) is 0 Å². The fraction of sp³-hybridized carbons (Fsp3) is 0.526. The molecule has 2 aromatic rings. The first-order valence-corrected chi connectivity index (χ1v) is 9.16. The lowest BCUT2D eigenvalue weighted by Gasteiger charge is -2.51. The van der Waals surface area contributed by atoms with Crippen LogP contribution < -0.4 is 0 Å². The van der Waals surface area contributed by atoms with Crippen LogP contribution in [0.3, 0.4) is 0 Å². The molecule has 1 amide bonds. The van der Waals surface area contributed by atoms with E-state index in [0.29, 0.717) is 5.82 Å². The monoisotopic (exact) mass is 339 g/mol. The highest BCUT2D eigenvalue weighted by atomic mass is 16.2. The maximum Gasteiger partial charge on any atom is 0.294 e. The van der Waals surface area contributed by atoms with Gasteiger partial charge in [-0.25, -0.2) is 9.67 Å². The summed E-state index contributed by atoms with van der Waals surface area (Å²) in [6.07, 6.45) is 7.47. The molecule has 2 aliphatic rings. The minimum Gasteiger partial charge on any atom is -0.328 e. The second kappa shape index (κ2) is 6.59. The third kappa shape index (κ3) is 3.06. The Balaban J connectivity index is 1.60. The Morgan fingerprint density at radius 3 is 2.60 bits per heavy atom. The van der Waals surface area contributed by atoms with E-state index in [-0.39, 0.29) is 11.4 Å². The van der Waals surface area contributed by atoms with Crippen molar-refractivity contribution in [2.24, 2.45) is 0 Å². The molecule has 4 rings (SSSR count). The van der Waals surface area contributed by atoms with Crippen molar-refractivity contribution in [3.8, 4) is 5.69 Å². The number of piperazine rings is 1. The zero-order valence-corrected chi connectivity index (χ0v) is 14.8. The maximum absolute atomic E-state index is 13.2. The van der Waals surface area contributed by atoms with Crippen molar-refractivity contribution in [2.45, 2.75) is 37.6 Å². The molecule has 132 valence electrons. The minimum absolute atomic E-state index is 0.0234. The summed E-state index contributed by atoms with van der Waals surface area (Å²) in [5.74, 6) is 0.281. The number of amides is 1. The first kappa shape index (κ1) is 16.3. The minimum atomic E-state index is -0.0411. The molecule has 0 radical (unpaired) electrons. The average molecular weight is 339 g/mol. The lowest BCUT2D eigenvalue weighted by atomic mass is 9.78. The van der Waals surface area contributed by atoms with E-state index >= 15 is 0 Å². The zero-order valence-electron chi connectivity index (χ0n) is 14.8. The smallest absolute Gasteiger partial charge is 0.294 e. The summed E-state index contributed by atoms with van der Waals surface area (Å²) in [7, 11) is 2.15. The van der Waals surface area contributed by atoms with Gasteiger partial charge in [-0.15, -0.1) is 5.10 Å². The van der Waals surface area contributed by atoms with Gasteiger partial charge < -0.3 is 9.80 Å². The van der Waals surface area contributed by atoms with E-state index in [1.807, 2.05) is 30.3 Å². The predicted molar refractivity (Wildman–Crippen MR) is 95.7 cm³/mol.